The van der Waals surface area contributed by atoms with Gasteiger partial charge >= 0.3 is 0 Å². The third kappa shape index (κ3) is 2.95. The van der Waals surface area contributed by atoms with E-state index in [0.29, 0.717) is 24.5 Å². The van der Waals surface area contributed by atoms with Gasteiger partial charge in [0.1, 0.15) is 0 Å². The van der Waals surface area contributed by atoms with Gasteiger partial charge in [-0.2, -0.15) is 0 Å². The number of hydrogen-bond donors (Lipinski definition) is 1. The van der Waals surface area contributed by atoms with Gasteiger partial charge in [-0.3, -0.25) is 9.69 Å². The first-order chi connectivity index (χ1) is 9.20. The maximum atomic E-state index is 12.6. The summed E-state index contributed by atoms with van der Waals surface area (Å²) in [6, 6.07) is 1.15. The third-order valence-corrected chi connectivity index (χ3v) is 5.02. The van der Waals surface area contributed by atoms with Gasteiger partial charge < -0.3 is 10.0 Å². The van der Waals surface area contributed by atoms with Gasteiger partial charge in [0.2, 0.25) is 5.91 Å². The predicted molar refractivity (Wildman–Crippen MR) is 73.7 cm³/mol. The number of carbonyl (C=O) groups is 1. The van der Waals surface area contributed by atoms with Crippen molar-refractivity contribution < 1.29 is 9.90 Å². The molecule has 19 heavy (non-hydrogen) atoms. The Morgan fingerprint density at radius 2 is 2.05 bits per heavy atom. The van der Waals surface area contributed by atoms with Crippen LogP contribution in [0.2, 0.25) is 0 Å². The molecule has 0 spiro atoms. The number of carbonyl (C=O) groups excluding carboxylic acids is 1. The zero-order valence-corrected chi connectivity index (χ0v) is 11.9. The first kappa shape index (κ1) is 13.4. The molecule has 2 saturated carbocycles. The lowest BCUT2D eigenvalue weighted by Crippen LogP contribution is -2.48. The maximum Gasteiger partial charge on any atom is 0.237 e. The normalized spacial score (nSPS) is 29.5. The molecule has 1 heterocycles. The van der Waals surface area contributed by atoms with Gasteiger partial charge in [-0.1, -0.05) is 0 Å². The highest BCUT2D eigenvalue weighted by atomic mass is 16.3. The molecule has 0 aromatic carbocycles. The smallest absolute Gasteiger partial charge is 0.237 e. The van der Waals surface area contributed by atoms with Crippen molar-refractivity contribution in [1.82, 2.24) is 9.80 Å². The van der Waals surface area contributed by atoms with Gasteiger partial charge in [0.05, 0.1) is 13.2 Å². The van der Waals surface area contributed by atoms with E-state index in [4.69, 9.17) is 0 Å². The summed E-state index contributed by atoms with van der Waals surface area (Å²) in [4.78, 5) is 17.0. The molecule has 0 aromatic rings. The minimum atomic E-state index is 0.189. The molecule has 1 N–H and O–H groups in total. The van der Waals surface area contributed by atoms with Crippen LogP contribution in [-0.2, 0) is 4.79 Å². The predicted octanol–water partition coefficient (Wildman–Crippen LogP) is 1.23. The zero-order valence-electron chi connectivity index (χ0n) is 11.9. The van der Waals surface area contributed by atoms with Crippen molar-refractivity contribution >= 4 is 5.91 Å². The molecule has 2 aliphatic carbocycles. The molecular formula is C15H26N2O2. The third-order valence-electron chi connectivity index (χ3n) is 5.02. The van der Waals surface area contributed by atoms with Crippen LogP contribution in [0.5, 0.6) is 0 Å². The largest absolute Gasteiger partial charge is 0.395 e. The molecule has 2 atom stereocenters. The Bertz CT molecular complexity index is 339. The SMILES string of the molecule is CC(C1CC1)N(C(=O)CN1CCC[C@@H]1CO)C1CC1. The molecular weight excluding hydrogens is 240 g/mol. The Labute approximate surface area is 115 Å². The van der Waals surface area contributed by atoms with Crippen LogP contribution >= 0.6 is 0 Å². The number of rotatable bonds is 6. The average molecular weight is 266 g/mol. The summed E-state index contributed by atoms with van der Waals surface area (Å²) in [5, 5.41) is 9.35. The lowest BCUT2D eigenvalue weighted by Gasteiger charge is -2.32. The highest BCUT2D eigenvalue weighted by Gasteiger charge is 2.42. The summed E-state index contributed by atoms with van der Waals surface area (Å²) in [6.45, 7) is 3.89. The lowest BCUT2D eigenvalue weighted by molar-refractivity contribution is -0.136. The minimum absolute atomic E-state index is 0.189. The van der Waals surface area contributed by atoms with E-state index in [-0.39, 0.29) is 12.6 Å². The van der Waals surface area contributed by atoms with Crippen LogP contribution in [0.3, 0.4) is 0 Å². The van der Waals surface area contributed by atoms with E-state index in [2.05, 4.69) is 16.7 Å². The van der Waals surface area contributed by atoms with Crippen LogP contribution < -0.4 is 0 Å². The van der Waals surface area contributed by atoms with E-state index < -0.39 is 0 Å². The van der Waals surface area contributed by atoms with Crippen molar-refractivity contribution in [2.75, 3.05) is 19.7 Å². The van der Waals surface area contributed by atoms with Crippen LogP contribution in [0.1, 0.15) is 45.4 Å². The van der Waals surface area contributed by atoms with Crippen molar-refractivity contribution in [1.29, 1.82) is 0 Å². The second-order valence-electron chi connectivity index (χ2n) is 6.56. The fourth-order valence-electron chi connectivity index (χ4n) is 3.49. The summed E-state index contributed by atoms with van der Waals surface area (Å²) in [5.74, 6) is 1.04. The van der Waals surface area contributed by atoms with Crippen molar-refractivity contribution in [3.63, 3.8) is 0 Å². The van der Waals surface area contributed by atoms with Crippen molar-refractivity contribution in [3.8, 4) is 0 Å². The molecule has 0 radical (unpaired) electrons. The monoisotopic (exact) mass is 266 g/mol. The molecule has 3 aliphatic rings. The number of nitrogens with zero attached hydrogens (tertiary/aromatic N) is 2. The van der Waals surface area contributed by atoms with Gasteiger partial charge in [-0.15, -0.1) is 0 Å². The first-order valence-corrected chi connectivity index (χ1v) is 7.86. The molecule has 3 rings (SSSR count). The molecule has 1 unspecified atom stereocenters. The van der Waals surface area contributed by atoms with Crippen molar-refractivity contribution in [2.45, 2.75) is 63.6 Å². The Morgan fingerprint density at radius 1 is 1.32 bits per heavy atom. The highest BCUT2D eigenvalue weighted by Crippen LogP contribution is 2.39. The van der Waals surface area contributed by atoms with Crippen LogP contribution in [0, 0.1) is 5.92 Å². The Kier molecular flexibility index (Phi) is 3.81. The van der Waals surface area contributed by atoms with E-state index in [1.54, 1.807) is 0 Å². The molecule has 1 saturated heterocycles. The Balaban J connectivity index is 1.60. The number of amides is 1. The number of aliphatic hydroxyl groups is 1. The molecule has 4 nitrogen and oxygen atoms in total. The molecule has 4 heteroatoms. The van der Waals surface area contributed by atoms with Gasteiger partial charge in [0.25, 0.3) is 0 Å². The second-order valence-corrected chi connectivity index (χ2v) is 6.56. The number of likely N-dealkylation sites (tertiary alicyclic amines) is 1. The van der Waals surface area contributed by atoms with Crippen LogP contribution in [0.4, 0.5) is 0 Å². The van der Waals surface area contributed by atoms with E-state index in [0.717, 1.165) is 25.3 Å². The highest BCUT2D eigenvalue weighted by molar-refractivity contribution is 5.79. The molecule has 108 valence electrons. The van der Waals surface area contributed by atoms with Crippen molar-refractivity contribution in [3.05, 3.63) is 0 Å². The fraction of sp³-hybridized carbons (Fsp3) is 0.933. The van der Waals surface area contributed by atoms with Gasteiger partial charge in [-0.05, 0) is 57.9 Å². The molecule has 0 aromatic heterocycles. The quantitative estimate of drug-likeness (QED) is 0.786. The van der Waals surface area contributed by atoms with Crippen molar-refractivity contribution in [2.24, 2.45) is 5.92 Å². The van der Waals surface area contributed by atoms with Crippen LogP contribution in [-0.4, -0.2) is 58.6 Å². The summed E-state index contributed by atoms with van der Waals surface area (Å²) < 4.78 is 0. The van der Waals surface area contributed by atoms with Gasteiger partial charge in [-0.25, -0.2) is 0 Å². The number of aliphatic hydroxyl groups excluding tert-OH is 1. The molecule has 1 amide bonds. The average Bonchev–Trinajstić information content (AvgIpc) is 3.28. The topological polar surface area (TPSA) is 43.8 Å². The molecule has 0 bridgehead atoms. The minimum Gasteiger partial charge on any atom is -0.395 e. The van der Waals surface area contributed by atoms with Gasteiger partial charge in [0.15, 0.2) is 0 Å². The van der Waals surface area contributed by atoms with Crippen LogP contribution in [0.25, 0.3) is 0 Å². The summed E-state index contributed by atoms with van der Waals surface area (Å²) in [5.41, 5.74) is 0. The Hall–Kier alpha value is -0.610. The Morgan fingerprint density at radius 3 is 2.63 bits per heavy atom. The standard InChI is InChI=1S/C15H26N2O2/c1-11(12-4-5-12)17(13-6-7-13)15(19)9-16-8-2-3-14(16)10-18/h11-14,18H,2-10H2,1H3/t11?,14-/m1/s1. The summed E-state index contributed by atoms with van der Waals surface area (Å²) >= 11 is 0. The maximum absolute atomic E-state index is 12.6. The fourth-order valence-corrected chi connectivity index (χ4v) is 3.49. The van der Waals surface area contributed by atoms with Gasteiger partial charge in [0, 0.05) is 18.1 Å². The summed E-state index contributed by atoms with van der Waals surface area (Å²) in [6.07, 6.45) is 7.10. The zero-order chi connectivity index (χ0) is 13.4. The van der Waals surface area contributed by atoms with E-state index in [1.165, 1.54) is 25.7 Å². The van der Waals surface area contributed by atoms with Crippen LogP contribution in [0.15, 0.2) is 0 Å². The second kappa shape index (κ2) is 5.41. The number of hydrogen-bond acceptors (Lipinski definition) is 3. The summed E-state index contributed by atoms with van der Waals surface area (Å²) in [7, 11) is 0. The first-order valence-electron chi connectivity index (χ1n) is 7.86. The van der Waals surface area contributed by atoms with E-state index in [1.807, 2.05) is 0 Å². The molecule has 3 fully saturated rings. The van der Waals surface area contributed by atoms with E-state index in [9.17, 15) is 9.90 Å². The lowest BCUT2D eigenvalue weighted by atomic mass is 10.1. The van der Waals surface area contributed by atoms with E-state index >= 15 is 0 Å². The molecule has 1 aliphatic heterocycles.